The van der Waals surface area contributed by atoms with E-state index in [4.69, 9.17) is 0 Å². The van der Waals surface area contributed by atoms with E-state index in [1.54, 1.807) is 0 Å². The van der Waals surface area contributed by atoms with E-state index in [9.17, 15) is 14.9 Å². The van der Waals surface area contributed by atoms with Crippen molar-refractivity contribution >= 4 is 27.8 Å². The predicted octanol–water partition coefficient (Wildman–Crippen LogP) is 2.71. The minimum atomic E-state index is -0.415. The van der Waals surface area contributed by atoms with Crippen molar-refractivity contribution < 1.29 is 9.72 Å². The van der Waals surface area contributed by atoms with Crippen molar-refractivity contribution in [2.24, 2.45) is 5.92 Å². The molecule has 17 heavy (non-hydrogen) atoms. The van der Waals surface area contributed by atoms with Crippen molar-refractivity contribution in [3.63, 3.8) is 0 Å². The van der Waals surface area contributed by atoms with Crippen LogP contribution in [0.1, 0.15) is 29.4 Å². The largest absolute Gasteiger partial charge is 0.361 e. The molecule has 0 bridgehead atoms. The summed E-state index contributed by atoms with van der Waals surface area (Å²) >= 11 is 1.21. The quantitative estimate of drug-likeness (QED) is 0.460. The van der Waals surface area contributed by atoms with Gasteiger partial charge in [0.15, 0.2) is 10.8 Å². The summed E-state index contributed by atoms with van der Waals surface area (Å²) in [5.74, 6) is 0.534. The fourth-order valence-electron chi connectivity index (χ4n) is 1.72. The Bertz CT molecular complexity index is 465. The highest BCUT2D eigenvalue weighted by Gasteiger charge is 2.28. The van der Waals surface area contributed by atoms with Gasteiger partial charge in [-0.3, -0.25) is 14.9 Å². The minimum Gasteiger partial charge on any atom is -0.361 e. The molecule has 0 aromatic carbocycles. The molecule has 0 unspecified atom stereocenters. The molecule has 0 atom stereocenters. The van der Waals surface area contributed by atoms with Crippen molar-refractivity contribution in [3.05, 3.63) is 21.1 Å². The van der Waals surface area contributed by atoms with E-state index in [0.29, 0.717) is 15.8 Å². The third-order valence-corrected chi connectivity index (χ3v) is 4.15. The third kappa shape index (κ3) is 2.63. The van der Waals surface area contributed by atoms with E-state index >= 15 is 0 Å². The normalized spacial score (nSPS) is 14.7. The molecule has 0 spiro atoms. The van der Waals surface area contributed by atoms with Gasteiger partial charge in [-0.2, -0.15) is 0 Å². The Balaban J connectivity index is 2.28. The molecule has 92 valence electrons. The van der Waals surface area contributed by atoms with Crippen molar-refractivity contribution in [2.45, 2.75) is 19.8 Å². The van der Waals surface area contributed by atoms with Crippen LogP contribution in [-0.4, -0.2) is 24.3 Å². The first-order valence-corrected chi connectivity index (χ1v) is 6.31. The van der Waals surface area contributed by atoms with Gasteiger partial charge in [-0.25, -0.2) is 0 Å². The van der Waals surface area contributed by atoms with Crippen molar-refractivity contribution in [3.8, 4) is 0 Å². The number of Topliss-reactive ketones (excluding diaryl/α,β-unsaturated/α-hetero) is 1. The number of hydrogen-bond acceptors (Lipinski definition) is 5. The second kappa shape index (κ2) is 4.44. The summed E-state index contributed by atoms with van der Waals surface area (Å²) in [6, 6.07) is 1.38. The van der Waals surface area contributed by atoms with Gasteiger partial charge in [0.05, 0.1) is 9.80 Å². The van der Waals surface area contributed by atoms with E-state index in [1.807, 2.05) is 11.9 Å². The topological polar surface area (TPSA) is 63.4 Å². The molecule has 2 rings (SSSR count). The molecule has 1 fully saturated rings. The average Bonchev–Trinajstić information content (AvgIpc) is 2.93. The lowest BCUT2D eigenvalue weighted by Crippen LogP contribution is -2.19. The fraction of sp³-hybridized carbons (Fsp3) is 0.545. The highest BCUT2D eigenvalue weighted by molar-refractivity contribution is 7.18. The van der Waals surface area contributed by atoms with Gasteiger partial charge in [-0.1, -0.05) is 0 Å². The van der Waals surface area contributed by atoms with Crippen LogP contribution >= 0.6 is 11.3 Å². The molecule has 0 radical (unpaired) electrons. The SMILES string of the molecule is CC(=O)c1cc([N+](=O)[O-])c(N(C)CC2CC2)s1. The van der Waals surface area contributed by atoms with E-state index in [-0.39, 0.29) is 11.5 Å². The Hall–Kier alpha value is -1.43. The van der Waals surface area contributed by atoms with E-state index < -0.39 is 4.92 Å². The van der Waals surface area contributed by atoms with Crippen molar-refractivity contribution in [1.82, 2.24) is 0 Å². The highest BCUT2D eigenvalue weighted by atomic mass is 32.1. The summed E-state index contributed by atoms with van der Waals surface area (Å²) in [5.41, 5.74) is 0.0448. The molecule has 1 saturated carbocycles. The van der Waals surface area contributed by atoms with E-state index in [0.717, 1.165) is 6.54 Å². The monoisotopic (exact) mass is 254 g/mol. The second-order valence-corrected chi connectivity index (χ2v) is 5.47. The molecule has 5 nitrogen and oxygen atoms in total. The van der Waals surface area contributed by atoms with Gasteiger partial charge in [0.25, 0.3) is 0 Å². The Labute approximate surface area is 103 Å². The lowest BCUT2D eigenvalue weighted by molar-refractivity contribution is -0.383. The minimum absolute atomic E-state index is 0.0448. The molecular formula is C11H14N2O3S. The van der Waals surface area contributed by atoms with Crippen LogP contribution in [0.5, 0.6) is 0 Å². The molecule has 0 aliphatic heterocycles. The smallest absolute Gasteiger partial charge is 0.304 e. The summed E-state index contributed by atoms with van der Waals surface area (Å²) < 4.78 is 0. The van der Waals surface area contributed by atoms with Gasteiger partial charge in [0, 0.05) is 19.7 Å². The Kier molecular flexibility index (Phi) is 3.15. The Morgan fingerprint density at radius 3 is 2.76 bits per heavy atom. The van der Waals surface area contributed by atoms with Crippen molar-refractivity contribution in [1.29, 1.82) is 0 Å². The zero-order valence-corrected chi connectivity index (χ0v) is 10.6. The number of nitro groups is 1. The van der Waals surface area contributed by atoms with Crippen LogP contribution in [0, 0.1) is 16.0 Å². The fourth-order valence-corrected chi connectivity index (χ4v) is 2.71. The average molecular weight is 254 g/mol. The molecule has 0 N–H and O–H groups in total. The van der Waals surface area contributed by atoms with Crippen LogP contribution in [0.15, 0.2) is 6.07 Å². The maximum atomic E-state index is 11.3. The number of ketones is 1. The van der Waals surface area contributed by atoms with Gasteiger partial charge in [-0.05, 0) is 25.7 Å². The van der Waals surface area contributed by atoms with Crippen LogP contribution in [0.4, 0.5) is 10.7 Å². The first-order valence-electron chi connectivity index (χ1n) is 5.49. The molecule has 0 amide bonds. The molecule has 1 heterocycles. The molecule has 6 heteroatoms. The van der Waals surface area contributed by atoms with Crippen molar-refractivity contribution in [2.75, 3.05) is 18.5 Å². The van der Waals surface area contributed by atoms with Crippen LogP contribution in [0.3, 0.4) is 0 Å². The van der Waals surface area contributed by atoms with Crippen LogP contribution in [0.25, 0.3) is 0 Å². The summed E-state index contributed by atoms with van der Waals surface area (Å²) in [6.07, 6.45) is 2.39. The molecule has 0 saturated heterocycles. The molecule has 1 aromatic rings. The van der Waals surface area contributed by atoms with Crippen LogP contribution < -0.4 is 4.90 Å². The number of thiophene rings is 1. The zero-order valence-electron chi connectivity index (χ0n) is 9.80. The first-order chi connectivity index (χ1) is 7.99. The number of carbonyl (C=O) groups is 1. The van der Waals surface area contributed by atoms with Gasteiger partial charge in [0.1, 0.15) is 0 Å². The molecule has 1 aliphatic carbocycles. The molecule has 1 aliphatic rings. The van der Waals surface area contributed by atoms with Crippen LogP contribution in [0.2, 0.25) is 0 Å². The van der Waals surface area contributed by atoms with Gasteiger partial charge < -0.3 is 4.90 Å². The van der Waals surface area contributed by atoms with Gasteiger partial charge in [0.2, 0.25) is 0 Å². The van der Waals surface area contributed by atoms with Crippen LogP contribution in [-0.2, 0) is 0 Å². The maximum absolute atomic E-state index is 11.3. The second-order valence-electron chi connectivity index (χ2n) is 4.44. The summed E-state index contributed by atoms with van der Waals surface area (Å²) in [6.45, 7) is 2.26. The maximum Gasteiger partial charge on any atom is 0.304 e. The molecular weight excluding hydrogens is 240 g/mol. The number of rotatable bonds is 5. The predicted molar refractivity (Wildman–Crippen MR) is 67.0 cm³/mol. The third-order valence-electron chi connectivity index (χ3n) is 2.81. The lowest BCUT2D eigenvalue weighted by Gasteiger charge is -2.15. The van der Waals surface area contributed by atoms with Gasteiger partial charge in [-0.15, -0.1) is 11.3 Å². The molecule has 1 aromatic heterocycles. The lowest BCUT2D eigenvalue weighted by atomic mass is 10.3. The standard InChI is InChI=1S/C11H14N2O3S/c1-7(14)10-5-9(13(15)16)11(17-10)12(2)6-8-3-4-8/h5,8H,3-4,6H2,1-2H3. The number of anilines is 1. The first kappa shape index (κ1) is 12.0. The summed E-state index contributed by atoms with van der Waals surface area (Å²) in [5, 5.41) is 11.5. The number of hydrogen-bond donors (Lipinski definition) is 0. The summed E-state index contributed by atoms with van der Waals surface area (Å²) in [4.78, 5) is 24.1. The Morgan fingerprint density at radius 2 is 2.29 bits per heavy atom. The highest BCUT2D eigenvalue weighted by Crippen LogP contribution is 2.39. The van der Waals surface area contributed by atoms with E-state index in [1.165, 1.54) is 37.2 Å². The summed E-state index contributed by atoms with van der Waals surface area (Å²) in [7, 11) is 1.85. The van der Waals surface area contributed by atoms with E-state index in [2.05, 4.69) is 0 Å². The Morgan fingerprint density at radius 1 is 1.65 bits per heavy atom. The zero-order chi connectivity index (χ0) is 12.6. The number of carbonyl (C=O) groups excluding carboxylic acids is 1. The number of nitrogens with zero attached hydrogens (tertiary/aromatic N) is 2. The van der Waals surface area contributed by atoms with Gasteiger partial charge >= 0.3 is 5.69 Å².